The van der Waals surface area contributed by atoms with E-state index in [2.05, 4.69) is 16.4 Å². The molecule has 4 atom stereocenters. The third kappa shape index (κ3) is 6.04. The average Bonchev–Trinajstić information content (AvgIpc) is 3.54. The molecule has 0 saturated carbocycles. The highest BCUT2D eigenvalue weighted by Gasteiger charge is 2.42. The quantitative estimate of drug-likeness (QED) is 0.341. The number of thioether (sulfide) groups is 1. The molecule has 8 heteroatoms. The van der Waals surface area contributed by atoms with Gasteiger partial charge in [-0.1, -0.05) is 29.8 Å². The fourth-order valence-electron chi connectivity index (χ4n) is 5.86. The van der Waals surface area contributed by atoms with Gasteiger partial charge >= 0.3 is 0 Å². The number of ether oxygens (including phenoxy) is 1. The van der Waals surface area contributed by atoms with Crippen molar-refractivity contribution in [3.05, 3.63) is 69.5 Å². The molecule has 0 aromatic heterocycles. The first-order valence-electron chi connectivity index (χ1n) is 13.2. The zero-order valence-corrected chi connectivity index (χ0v) is 22.7. The first-order valence-corrected chi connectivity index (χ1v) is 14.5. The van der Waals surface area contributed by atoms with Gasteiger partial charge in [0.25, 0.3) is 0 Å². The molecule has 2 unspecified atom stereocenters. The molecule has 4 heterocycles. The van der Waals surface area contributed by atoms with Crippen molar-refractivity contribution in [3.8, 4) is 0 Å². The average molecular weight is 546 g/mol. The zero-order valence-electron chi connectivity index (χ0n) is 21.1. The molecule has 1 aromatic rings. The first kappa shape index (κ1) is 26.6. The van der Waals surface area contributed by atoms with Gasteiger partial charge in [-0.05, 0) is 80.9 Å². The summed E-state index contributed by atoms with van der Waals surface area (Å²) in [5.74, 6) is 1.73. The number of amidine groups is 1. The number of rotatable bonds is 8. The van der Waals surface area contributed by atoms with Crippen LogP contribution in [0, 0.1) is 23.1 Å². The highest BCUT2D eigenvalue weighted by atomic mass is 35.5. The second-order valence-corrected chi connectivity index (χ2v) is 12.0. The van der Waals surface area contributed by atoms with Crippen LogP contribution in [0.1, 0.15) is 57.1 Å². The summed E-state index contributed by atoms with van der Waals surface area (Å²) in [4.78, 5) is 7.59. The van der Waals surface area contributed by atoms with Crippen molar-refractivity contribution in [1.29, 1.82) is 5.41 Å². The van der Waals surface area contributed by atoms with Gasteiger partial charge in [0.1, 0.15) is 23.9 Å². The maximum absolute atomic E-state index is 14.0. The maximum atomic E-state index is 14.0. The van der Waals surface area contributed by atoms with Crippen LogP contribution in [0.4, 0.5) is 8.78 Å². The molecule has 4 aliphatic heterocycles. The maximum Gasteiger partial charge on any atom is 0.124 e. The minimum atomic E-state index is -0.973. The Kier molecular flexibility index (Phi) is 8.52. The molecule has 0 radical (unpaired) electrons. The number of alkyl halides is 1. The van der Waals surface area contributed by atoms with Gasteiger partial charge in [0.05, 0.1) is 11.0 Å². The lowest BCUT2D eigenvalue weighted by molar-refractivity contribution is 0.0592. The van der Waals surface area contributed by atoms with E-state index in [0.717, 1.165) is 69.0 Å². The number of allylic oxidation sites excluding steroid dienone is 4. The topological polar surface area (TPSA) is 48.7 Å². The molecule has 1 N–H and O–H groups in total. The number of aliphatic imine (C=N–C) groups is 1. The highest BCUT2D eigenvalue weighted by molar-refractivity contribution is 8.03. The lowest BCUT2D eigenvalue weighted by Gasteiger charge is -2.35. The van der Waals surface area contributed by atoms with Crippen molar-refractivity contribution in [2.45, 2.75) is 62.9 Å². The van der Waals surface area contributed by atoms with Crippen molar-refractivity contribution >= 4 is 34.9 Å². The molecular weight excluding hydrogens is 512 g/mol. The summed E-state index contributed by atoms with van der Waals surface area (Å²) in [6.45, 7) is 4.06. The van der Waals surface area contributed by atoms with Gasteiger partial charge in [0, 0.05) is 41.6 Å². The third-order valence-corrected chi connectivity index (χ3v) is 9.06. The number of halogens is 3. The molecule has 2 fully saturated rings. The van der Waals surface area contributed by atoms with Crippen molar-refractivity contribution in [1.82, 2.24) is 4.90 Å². The van der Waals surface area contributed by atoms with Gasteiger partial charge in [-0.25, -0.2) is 8.78 Å². The van der Waals surface area contributed by atoms with Crippen LogP contribution in [0.25, 0.3) is 0 Å². The Morgan fingerprint density at radius 1 is 1.32 bits per heavy atom. The largest absolute Gasteiger partial charge is 0.381 e. The van der Waals surface area contributed by atoms with Gasteiger partial charge in [-0.15, -0.1) is 11.8 Å². The van der Waals surface area contributed by atoms with Gasteiger partial charge in [0.2, 0.25) is 0 Å². The Morgan fingerprint density at radius 2 is 2.14 bits per heavy atom. The minimum absolute atomic E-state index is 0.206. The number of nitrogens with zero attached hydrogens (tertiary/aromatic N) is 2. The van der Waals surface area contributed by atoms with E-state index in [9.17, 15) is 8.78 Å². The van der Waals surface area contributed by atoms with Crippen LogP contribution in [-0.4, -0.2) is 47.6 Å². The monoisotopic (exact) mass is 545 g/mol. The Hall–Kier alpha value is -1.96. The second-order valence-electron chi connectivity index (χ2n) is 10.5. The standard InChI is InChI=1S/C29H34ClF2N3OS/c1-18(31)4-2-5-24(33)27-25-15-20(14-19-9-11-36-12-10-19)17-35(25)29(26-6-3-13-37-26)34-28(27)22-8-7-21(32)16-23(22)30/h2-3,5,7-8,13,16,18-20,26,28,33H,4,6,9-12,14-15,17H2,1H3/b5-2-,33-24?/t18?,20-,26?,28-/m0/s1. The smallest absolute Gasteiger partial charge is 0.124 e. The summed E-state index contributed by atoms with van der Waals surface area (Å²) in [6.07, 6.45) is 9.96. The molecule has 37 heavy (non-hydrogen) atoms. The first-order chi connectivity index (χ1) is 17.9. The molecule has 1 aromatic carbocycles. The SMILES string of the molecule is CC(F)C/C=C\C(=N)C1=C2C[C@H](CC3CCOCC3)CN2C(C2CC=CS2)=N[C@H]1c1ccc(F)cc1Cl. The summed E-state index contributed by atoms with van der Waals surface area (Å²) in [5.41, 5.74) is 2.93. The summed E-state index contributed by atoms with van der Waals surface area (Å²) in [6, 6.07) is 3.91. The van der Waals surface area contributed by atoms with E-state index in [1.165, 1.54) is 19.1 Å². The lowest BCUT2D eigenvalue weighted by Crippen LogP contribution is -2.39. The van der Waals surface area contributed by atoms with E-state index in [-0.39, 0.29) is 11.7 Å². The number of fused-ring (bicyclic) bond motifs is 1. The molecule has 0 aliphatic carbocycles. The van der Waals surface area contributed by atoms with Crippen molar-refractivity contribution < 1.29 is 13.5 Å². The van der Waals surface area contributed by atoms with Crippen molar-refractivity contribution in [2.75, 3.05) is 19.8 Å². The van der Waals surface area contributed by atoms with E-state index < -0.39 is 18.0 Å². The summed E-state index contributed by atoms with van der Waals surface area (Å²) in [5, 5.41) is 11.7. The minimum Gasteiger partial charge on any atom is -0.381 e. The fourth-order valence-corrected chi connectivity index (χ4v) is 7.08. The van der Waals surface area contributed by atoms with Gasteiger partial charge < -0.3 is 15.0 Å². The lowest BCUT2D eigenvalue weighted by atomic mass is 9.86. The van der Waals surface area contributed by atoms with E-state index >= 15 is 0 Å². The Morgan fingerprint density at radius 3 is 2.84 bits per heavy atom. The number of hydrogen-bond acceptors (Lipinski definition) is 5. The predicted molar refractivity (Wildman–Crippen MR) is 149 cm³/mol. The molecular formula is C29H34ClF2N3OS. The van der Waals surface area contributed by atoms with Crippen LogP contribution in [0.15, 0.2) is 58.1 Å². The van der Waals surface area contributed by atoms with E-state index in [1.807, 2.05) is 0 Å². The Labute approximate surface area is 227 Å². The van der Waals surface area contributed by atoms with Gasteiger partial charge in [-0.2, -0.15) is 0 Å². The normalized spacial score (nSPS) is 27.2. The molecule has 198 valence electrons. The van der Waals surface area contributed by atoms with Crippen molar-refractivity contribution in [3.63, 3.8) is 0 Å². The molecule has 0 amide bonds. The van der Waals surface area contributed by atoms with Crippen LogP contribution >= 0.6 is 23.4 Å². The fraction of sp³-hybridized carbons (Fsp3) is 0.517. The molecule has 2 saturated heterocycles. The third-order valence-electron chi connectivity index (χ3n) is 7.65. The predicted octanol–water partition coefficient (Wildman–Crippen LogP) is 7.67. The van der Waals surface area contributed by atoms with Crippen LogP contribution < -0.4 is 0 Å². The molecule has 0 bridgehead atoms. The zero-order chi connectivity index (χ0) is 25.9. The summed E-state index contributed by atoms with van der Waals surface area (Å²) >= 11 is 8.34. The number of hydrogen-bond donors (Lipinski definition) is 1. The Balaban J connectivity index is 1.55. The number of benzene rings is 1. The summed E-state index contributed by atoms with van der Waals surface area (Å²) in [7, 11) is 0. The number of nitrogens with one attached hydrogen (secondary N) is 1. The molecule has 4 nitrogen and oxygen atoms in total. The van der Waals surface area contributed by atoms with E-state index in [4.69, 9.17) is 26.7 Å². The molecule has 4 aliphatic rings. The van der Waals surface area contributed by atoms with E-state index in [0.29, 0.717) is 28.1 Å². The Bertz CT molecular complexity index is 1130. The van der Waals surface area contributed by atoms with Crippen LogP contribution in [0.2, 0.25) is 5.02 Å². The van der Waals surface area contributed by atoms with Crippen LogP contribution in [0.5, 0.6) is 0 Å². The van der Waals surface area contributed by atoms with Crippen molar-refractivity contribution in [2.24, 2.45) is 16.8 Å². The van der Waals surface area contributed by atoms with E-state index in [1.54, 1.807) is 30.0 Å². The molecule has 5 rings (SSSR count). The summed E-state index contributed by atoms with van der Waals surface area (Å²) < 4.78 is 33.1. The highest BCUT2D eigenvalue weighted by Crippen LogP contribution is 2.46. The molecule has 0 spiro atoms. The van der Waals surface area contributed by atoms with Crippen LogP contribution in [-0.2, 0) is 4.74 Å². The second kappa shape index (κ2) is 11.8. The van der Waals surface area contributed by atoms with Gasteiger partial charge in [-0.3, -0.25) is 4.99 Å². The van der Waals surface area contributed by atoms with Crippen LogP contribution in [0.3, 0.4) is 0 Å². The van der Waals surface area contributed by atoms with Gasteiger partial charge in [0.15, 0.2) is 0 Å².